The fourth-order valence-corrected chi connectivity index (χ4v) is 1.93. The molecular weight excluding hydrogens is 249 g/mol. The molecule has 104 valence electrons. The lowest BCUT2D eigenvalue weighted by atomic mass is 9.80. The third kappa shape index (κ3) is 3.92. The maximum absolute atomic E-state index is 13.2. The highest BCUT2D eigenvalue weighted by atomic mass is 19.1. The molecule has 0 radical (unpaired) electrons. The van der Waals surface area contributed by atoms with Crippen LogP contribution in [0, 0.1) is 5.82 Å². The van der Waals surface area contributed by atoms with Gasteiger partial charge in [-0.15, -0.1) is 0 Å². The van der Waals surface area contributed by atoms with E-state index in [1.54, 1.807) is 12.1 Å². The number of rotatable bonds is 6. The number of para-hydroxylation sites is 1. The quantitative estimate of drug-likeness (QED) is 0.823. The van der Waals surface area contributed by atoms with Crippen LogP contribution >= 0.6 is 0 Å². The summed E-state index contributed by atoms with van der Waals surface area (Å²) < 4.78 is 18.4. The number of carbonyl (C=O) groups is 1. The van der Waals surface area contributed by atoms with Crippen molar-refractivity contribution in [3.63, 3.8) is 0 Å². The number of benzene rings is 1. The summed E-state index contributed by atoms with van der Waals surface area (Å²) in [7, 11) is 0. The number of hydrogen-bond donors (Lipinski definition) is 2. The highest BCUT2D eigenvalue weighted by Gasteiger charge is 2.34. The SMILES string of the molecule is O=C(CCOc1ccccc1F)NCC1(O)CCC1. The molecule has 1 saturated carbocycles. The van der Waals surface area contributed by atoms with E-state index < -0.39 is 11.4 Å². The number of hydrogen-bond acceptors (Lipinski definition) is 3. The van der Waals surface area contributed by atoms with Gasteiger partial charge in [-0.2, -0.15) is 0 Å². The molecule has 0 aromatic heterocycles. The van der Waals surface area contributed by atoms with E-state index in [0.717, 1.165) is 19.3 Å². The zero-order valence-corrected chi connectivity index (χ0v) is 10.7. The van der Waals surface area contributed by atoms with E-state index in [1.807, 2.05) is 0 Å². The molecule has 0 heterocycles. The topological polar surface area (TPSA) is 58.6 Å². The Morgan fingerprint density at radius 2 is 2.16 bits per heavy atom. The zero-order valence-electron chi connectivity index (χ0n) is 10.7. The number of ether oxygens (including phenoxy) is 1. The maximum atomic E-state index is 13.2. The second kappa shape index (κ2) is 6.02. The Labute approximate surface area is 111 Å². The molecule has 1 aromatic rings. The Balaban J connectivity index is 1.65. The van der Waals surface area contributed by atoms with Gasteiger partial charge in [-0.1, -0.05) is 12.1 Å². The molecule has 1 amide bonds. The van der Waals surface area contributed by atoms with Gasteiger partial charge in [0, 0.05) is 6.54 Å². The summed E-state index contributed by atoms with van der Waals surface area (Å²) in [5.41, 5.74) is -0.720. The first-order valence-corrected chi connectivity index (χ1v) is 6.45. The number of nitrogens with one attached hydrogen (secondary N) is 1. The summed E-state index contributed by atoms with van der Waals surface area (Å²) in [4.78, 5) is 11.5. The van der Waals surface area contributed by atoms with Crippen LogP contribution in [0.1, 0.15) is 25.7 Å². The van der Waals surface area contributed by atoms with Crippen LogP contribution in [0.4, 0.5) is 4.39 Å². The van der Waals surface area contributed by atoms with Crippen molar-refractivity contribution in [2.24, 2.45) is 0 Å². The average molecular weight is 267 g/mol. The number of amides is 1. The standard InChI is InChI=1S/C14H18FNO3/c15-11-4-1-2-5-12(11)19-9-6-13(17)16-10-14(18)7-3-8-14/h1-2,4-5,18H,3,6-10H2,(H,16,17). The Hall–Kier alpha value is -1.62. The fraction of sp³-hybridized carbons (Fsp3) is 0.500. The van der Waals surface area contributed by atoms with Crippen LogP contribution in [0.2, 0.25) is 0 Å². The van der Waals surface area contributed by atoms with E-state index in [-0.39, 0.29) is 31.2 Å². The van der Waals surface area contributed by atoms with Crippen LogP contribution in [-0.4, -0.2) is 29.8 Å². The average Bonchev–Trinajstić information content (AvgIpc) is 2.36. The van der Waals surface area contributed by atoms with Crippen molar-refractivity contribution in [1.29, 1.82) is 0 Å². The van der Waals surface area contributed by atoms with Crippen molar-refractivity contribution in [3.8, 4) is 5.75 Å². The minimum absolute atomic E-state index is 0.116. The molecule has 0 atom stereocenters. The van der Waals surface area contributed by atoms with Gasteiger partial charge in [-0.25, -0.2) is 4.39 Å². The molecule has 0 aliphatic heterocycles. The molecule has 4 nitrogen and oxygen atoms in total. The van der Waals surface area contributed by atoms with E-state index in [9.17, 15) is 14.3 Å². The summed E-state index contributed by atoms with van der Waals surface area (Å²) in [6.07, 6.45) is 2.62. The molecule has 0 spiro atoms. The van der Waals surface area contributed by atoms with Gasteiger partial charge in [-0.3, -0.25) is 4.79 Å². The van der Waals surface area contributed by atoms with E-state index in [2.05, 4.69) is 5.32 Å². The molecule has 19 heavy (non-hydrogen) atoms. The van der Waals surface area contributed by atoms with Gasteiger partial charge in [0.2, 0.25) is 5.91 Å². The van der Waals surface area contributed by atoms with Crippen molar-refractivity contribution in [2.45, 2.75) is 31.3 Å². The number of carbonyl (C=O) groups excluding carboxylic acids is 1. The Bertz CT molecular complexity index is 446. The van der Waals surface area contributed by atoms with E-state index in [4.69, 9.17) is 4.74 Å². The van der Waals surface area contributed by atoms with Crippen molar-refractivity contribution in [2.75, 3.05) is 13.2 Å². The van der Waals surface area contributed by atoms with Gasteiger partial charge in [-0.05, 0) is 31.4 Å². The van der Waals surface area contributed by atoms with Crippen LogP contribution in [0.3, 0.4) is 0 Å². The first kappa shape index (κ1) is 13.8. The van der Waals surface area contributed by atoms with Crippen LogP contribution in [-0.2, 0) is 4.79 Å². The summed E-state index contributed by atoms with van der Waals surface area (Å²) in [5.74, 6) is -0.490. The van der Waals surface area contributed by atoms with E-state index in [1.165, 1.54) is 12.1 Å². The Morgan fingerprint density at radius 1 is 1.42 bits per heavy atom. The van der Waals surface area contributed by atoms with Crippen molar-refractivity contribution in [3.05, 3.63) is 30.1 Å². The molecule has 0 saturated heterocycles. The third-order valence-electron chi connectivity index (χ3n) is 3.32. The number of aliphatic hydroxyl groups is 1. The van der Waals surface area contributed by atoms with Gasteiger partial charge >= 0.3 is 0 Å². The second-order valence-corrected chi connectivity index (χ2v) is 4.88. The lowest BCUT2D eigenvalue weighted by Gasteiger charge is -2.36. The molecule has 1 aromatic carbocycles. The molecule has 0 unspecified atom stereocenters. The lowest BCUT2D eigenvalue weighted by Crippen LogP contribution is -2.47. The summed E-state index contributed by atoms with van der Waals surface area (Å²) in [5, 5.41) is 12.5. The largest absolute Gasteiger partial charge is 0.490 e. The van der Waals surface area contributed by atoms with Gasteiger partial charge in [0.1, 0.15) is 0 Å². The summed E-state index contributed by atoms with van der Waals surface area (Å²) in [6.45, 7) is 0.400. The highest BCUT2D eigenvalue weighted by molar-refractivity contribution is 5.76. The zero-order chi connectivity index (χ0) is 13.7. The molecule has 1 fully saturated rings. The summed E-state index contributed by atoms with van der Waals surface area (Å²) in [6, 6.07) is 6.07. The highest BCUT2D eigenvalue weighted by Crippen LogP contribution is 2.30. The van der Waals surface area contributed by atoms with Crippen LogP contribution in [0.15, 0.2) is 24.3 Å². The normalized spacial score (nSPS) is 16.5. The predicted octanol–water partition coefficient (Wildman–Crippen LogP) is 1.63. The Morgan fingerprint density at radius 3 is 2.79 bits per heavy atom. The molecule has 5 heteroatoms. The first-order valence-electron chi connectivity index (χ1n) is 6.45. The monoisotopic (exact) mass is 267 g/mol. The van der Waals surface area contributed by atoms with Crippen LogP contribution in [0.25, 0.3) is 0 Å². The van der Waals surface area contributed by atoms with E-state index in [0.29, 0.717) is 0 Å². The lowest BCUT2D eigenvalue weighted by molar-refractivity contribution is -0.124. The maximum Gasteiger partial charge on any atom is 0.223 e. The van der Waals surface area contributed by atoms with E-state index >= 15 is 0 Å². The molecular formula is C14H18FNO3. The minimum Gasteiger partial charge on any atom is -0.490 e. The molecule has 0 bridgehead atoms. The molecule has 1 aliphatic carbocycles. The van der Waals surface area contributed by atoms with Gasteiger partial charge in [0.25, 0.3) is 0 Å². The van der Waals surface area contributed by atoms with Crippen molar-refractivity contribution in [1.82, 2.24) is 5.32 Å². The molecule has 2 rings (SSSR count). The third-order valence-corrected chi connectivity index (χ3v) is 3.32. The van der Waals surface area contributed by atoms with Gasteiger partial charge in [0.05, 0.1) is 18.6 Å². The van der Waals surface area contributed by atoms with Crippen molar-refractivity contribution >= 4 is 5.91 Å². The molecule has 2 N–H and O–H groups in total. The van der Waals surface area contributed by atoms with Gasteiger partial charge in [0.15, 0.2) is 11.6 Å². The van der Waals surface area contributed by atoms with Crippen molar-refractivity contribution < 1.29 is 19.0 Å². The second-order valence-electron chi connectivity index (χ2n) is 4.88. The summed E-state index contributed by atoms with van der Waals surface area (Å²) >= 11 is 0. The molecule has 1 aliphatic rings. The number of halogens is 1. The Kier molecular flexibility index (Phi) is 4.37. The van der Waals surface area contributed by atoms with Gasteiger partial charge < -0.3 is 15.2 Å². The van der Waals surface area contributed by atoms with Crippen LogP contribution < -0.4 is 10.1 Å². The predicted molar refractivity (Wildman–Crippen MR) is 68.3 cm³/mol. The fourth-order valence-electron chi connectivity index (χ4n) is 1.93. The minimum atomic E-state index is -0.720. The smallest absolute Gasteiger partial charge is 0.223 e. The first-order chi connectivity index (χ1) is 9.09. The van der Waals surface area contributed by atoms with Crippen LogP contribution in [0.5, 0.6) is 5.75 Å².